The number of benzene rings is 23. The standard InChI is InChI=1S/C144H92N4/c1-9-35-103(36-10-1)141(104-37-11-2-12-38-104)125-55-29-25-51-113(125)117-77-65-99(89-129(117)141)95-69-81-135-121(85-95)122-86-96(100-66-78-118-114-52-26-30-56-126(114)142(130(118)90-100,105-39-13-3-14-40-105)106-41-15-4-16-42-106)70-82-136(122)147(135)111-73-61-93(62-74-111)139-140(146-134-60-34-33-59-133(134)145-139)94-63-75-112(76-64-94)148-137-83-71-97(101-67-79-119-115-53-27-31-57-127(115)143(131(119)91-101,107-43-17-5-18-44-107)108-45-19-6-20-46-108)87-123(137)124-88-98(72-84-138(124)148)102-68-80-120-116-54-28-32-58-128(116)144(132(120)92-102,109-47-21-7-22-48-109)110-49-23-8-24-50-110/h1-92H. The number of fused-ring (bicyclic) bond motifs is 19. The lowest BCUT2D eigenvalue weighted by Gasteiger charge is -2.34. The normalized spacial score (nSPS) is 13.8. The second-order valence-corrected chi connectivity index (χ2v) is 40.3. The molecule has 0 radical (unpaired) electrons. The third-order valence-corrected chi connectivity index (χ3v) is 33.1. The highest BCUT2D eigenvalue weighted by Gasteiger charge is 2.51. The molecule has 3 aromatic heterocycles. The molecular weight excluding hydrogens is 1790 g/mol. The van der Waals surface area contributed by atoms with Crippen molar-refractivity contribution in [2.75, 3.05) is 0 Å². The van der Waals surface area contributed by atoms with Crippen molar-refractivity contribution in [1.82, 2.24) is 19.1 Å². The predicted molar refractivity (Wildman–Crippen MR) is 610 cm³/mol. The van der Waals surface area contributed by atoms with Gasteiger partial charge in [0, 0.05) is 44.0 Å². The quantitative estimate of drug-likeness (QED) is 0.0966. The first-order valence-electron chi connectivity index (χ1n) is 51.5. The van der Waals surface area contributed by atoms with Crippen molar-refractivity contribution in [2.45, 2.75) is 21.7 Å². The fourth-order valence-corrected chi connectivity index (χ4v) is 26.8. The molecule has 0 saturated carbocycles. The molecule has 0 saturated heterocycles. The zero-order valence-corrected chi connectivity index (χ0v) is 80.9. The highest BCUT2D eigenvalue weighted by Crippen LogP contribution is 2.63. The highest BCUT2D eigenvalue weighted by molar-refractivity contribution is 6.14. The Morgan fingerprint density at radius 1 is 0.135 bits per heavy atom. The van der Waals surface area contributed by atoms with Gasteiger partial charge in [-0.25, -0.2) is 9.97 Å². The van der Waals surface area contributed by atoms with E-state index in [0.717, 1.165) is 133 Å². The number of para-hydroxylation sites is 2. The van der Waals surface area contributed by atoms with Gasteiger partial charge in [0.25, 0.3) is 0 Å². The molecule has 26 aromatic rings. The van der Waals surface area contributed by atoms with Crippen molar-refractivity contribution in [1.29, 1.82) is 0 Å². The molecule has 0 aliphatic heterocycles. The van der Waals surface area contributed by atoms with Crippen molar-refractivity contribution in [3.8, 4) is 123 Å². The molecule has 0 unspecified atom stereocenters. The van der Waals surface area contributed by atoms with E-state index in [-0.39, 0.29) is 0 Å². The van der Waals surface area contributed by atoms with Gasteiger partial charge in [0.05, 0.1) is 66.1 Å². The van der Waals surface area contributed by atoms with Crippen molar-refractivity contribution in [3.63, 3.8) is 0 Å². The van der Waals surface area contributed by atoms with Crippen molar-refractivity contribution in [3.05, 3.63) is 647 Å². The van der Waals surface area contributed by atoms with Crippen molar-refractivity contribution >= 4 is 54.6 Å². The molecule has 4 nitrogen and oxygen atoms in total. The fourth-order valence-electron chi connectivity index (χ4n) is 26.8. The Hall–Kier alpha value is -19.0. The summed E-state index contributed by atoms with van der Waals surface area (Å²) in [6, 6.07) is 209. The van der Waals surface area contributed by atoms with Crippen LogP contribution in [0.15, 0.2) is 558 Å². The Morgan fingerprint density at radius 2 is 0.311 bits per heavy atom. The summed E-state index contributed by atoms with van der Waals surface area (Å²) in [5, 5.41) is 4.63. The fraction of sp³-hybridized carbons (Fsp3) is 0.0278. The summed E-state index contributed by atoms with van der Waals surface area (Å²) < 4.78 is 4.94. The van der Waals surface area contributed by atoms with Gasteiger partial charge in [-0.3, -0.25) is 0 Å². The molecule has 23 aromatic carbocycles. The molecule has 0 amide bonds. The van der Waals surface area contributed by atoms with Crippen LogP contribution in [0, 0.1) is 0 Å². The Morgan fingerprint density at radius 3 is 0.534 bits per heavy atom. The largest absolute Gasteiger partial charge is 0.309 e. The van der Waals surface area contributed by atoms with Gasteiger partial charge in [0.15, 0.2) is 0 Å². The minimum atomic E-state index is -0.563. The van der Waals surface area contributed by atoms with Crippen LogP contribution in [-0.2, 0) is 21.7 Å². The SMILES string of the molecule is c1ccc(C2(c3ccccc3)c3ccccc3-c3ccc(-c4ccc5c(c4)c4cc(-c6ccc7c(c6)C(c6ccccc6)(c6ccccc6)c6ccccc6-7)ccc4n5-c4ccc(-c5nc6ccccc6nc5-c5ccc(-n6c7ccc(-c8ccc9c(c8)C(c8ccccc8)(c8ccccc8)c8ccccc8-9)cc7c7cc(-c8ccc9c(c8)C(c8ccccc8)(c8ccccc8)c8ccccc8-9)ccc76)cc5)cc4)cc32)cc1. The van der Waals surface area contributed by atoms with Gasteiger partial charge < -0.3 is 9.13 Å². The Balaban J connectivity index is 0.562. The molecule has 0 fully saturated rings. The third-order valence-electron chi connectivity index (χ3n) is 33.1. The molecule has 0 spiro atoms. The van der Waals surface area contributed by atoms with Crippen molar-refractivity contribution < 1.29 is 0 Å². The molecular formula is C144H92N4. The van der Waals surface area contributed by atoms with E-state index in [1.54, 1.807) is 0 Å². The van der Waals surface area contributed by atoms with E-state index in [4.69, 9.17) is 9.97 Å². The maximum absolute atomic E-state index is 5.63. The molecule has 0 N–H and O–H groups in total. The summed E-state index contributed by atoms with van der Waals surface area (Å²) in [4.78, 5) is 11.3. The Labute approximate surface area is 859 Å². The van der Waals surface area contributed by atoms with E-state index in [1.807, 2.05) is 0 Å². The maximum atomic E-state index is 5.63. The molecule has 3 heterocycles. The summed E-state index contributed by atoms with van der Waals surface area (Å²) in [5.74, 6) is 0. The molecule has 4 aliphatic carbocycles. The van der Waals surface area contributed by atoms with Crippen LogP contribution in [0.5, 0.6) is 0 Å². The minimum absolute atomic E-state index is 0.563. The first-order valence-corrected chi connectivity index (χ1v) is 51.5. The minimum Gasteiger partial charge on any atom is -0.309 e. The van der Waals surface area contributed by atoms with Crippen LogP contribution in [0.25, 0.3) is 178 Å². The van der Waals surface area contributed by atoms with Gasteiger partial charge in [-0.2, -0.15) is 0 Å². The molecule has 688 valence electrons. The number of aromatic nitrogens is 4. The Bertz CT molecular complexity index is 8660. The van der Waals surface area contributed by atoms with E-state index in [9.17, 15) is 0 Å². The molecule has 4 heteroatoms. The van der Waals surface area contributed by atoms with Crippen LogP contribution < -0.4 is 0 Å². The second-order valence-electron chi connectivity index (χ2n) is 40.3. The molecule has 0 atom stereocenters. The maximum Gasteiger partial charge on any atom is 0.0973 e. The number of nitrogens with zero attached hydrogens (tertiary/aromatic N) is 4. The highest BCUT2D eigenvalue weighted by atomic mass is 15.0. The van der Waals surface area contributed by atoms with E-state index < -0.39 is 21.7 Å². The third kappa shape index (κ3) is 12.4. The van der Waals surface area contributed by atoms with Gasteiger partial charge in [0.1, 0.15) is 0 Å². The number of hydrogen-bond donors (Lipinski definition) is 0. The lowest BCUT2D eigenvalue weighted by Crippen LogP contribution is -2.28. The van der Waals surface area contributed by atoms with Crippen LogP contribution in [0.3, 0.4) is 0 Å². The molecule has 30 rings (SSSR count). The first kappa shape index (κ1) is 84.7. The zero-order valence-electron chi connectivity index (χ0n) is 80.9. The molecule has 148 heavy (non-hydrogen) atoms. The molecule has 0 bridgehead atoms. The smallest absolute Gasteiger partial charge is 0.0973 e. The second kappa shape index (κ2) is 33.3. The molecule has 4 aliphatic rings. The average molecular weight is 1880 g/mol. The van der Waals surface area contributed by atoms with Crippen LogP contribution in [0.2, 0.25) is 0 Å². The van der Waals surface area contributed by atoms with E-state index in [2.05, 4.69) is 567 Å². The number of hydrogen-bond acceptors (Lipinski definition) is 2. The van der Waals surface area contributed by atoms with Crippen LogP contribution in [-0.4, -0.2) is 19.1 Å². The lowest BCUT2D eigenvalue weighted by molar-refractivity contribution is 0.769. The Kier molecular flexibility index (Phi) is 19.0. The van der Waals surface area contributed by atoms with E-state index in [1.165, 1.54) is 134 Å². The summed E-state index contributed by atoms with van der Waals surface area (Å²) >= 11 is 0. The van der Waals surface area contributed by atoms with E-state index >= 15 is 0 Å². The number of rotatable bonds is 16. The predicted octanol–water partition coefficient (Wildman–Crippen LogP) is 35.3. The zero-order chi connectivity index (χ0) is 97.3. The summed E-state index contributed by atoms with van der Waals surface area (Å²) in [6.45, 7) is 0. The monoisotopic (exact) mass is 1880 g/mol. The summed E-state index contributed by atoms with van der Waals surface area (Å²) in [7, 11) is 0. The van der Waals surface area contributed by atoms with Gasteiger partial charge in [-0.05, 0) is 287 Å². The van der Waals surface area contributed by atoms with Crippen LogP contribution >= 0.6 is 0 Å². The summed E-state index contributed by atoms with van der Waals surface area (Å²) in [6.07, 6.45) is 0. The topological polar surface area (TPSA) is 35.6 Å². The van der Waals surface area contributed by atoms with E-state index in [0.29, 0.717) is 0 Å². The summed E-state index contributed by atoms with van der Waals surface area (Å²) in [5.41, 5.74) is 48.8. The van der Waals surface area contributed by atoms with Gasteiger partial charge in [-0.1, -0.05) is 449 Å². The van der Waals surface area contributed by atoms with Gasteiger partial charge >= 0.3 is 0 Å². The van der Waals surface area contributed by atoms with Crippen molar-refractivity contribution in [2.24, 2.45) is 0 Å². The van der Waals surface area contributed by atoms with Gasteiger partial charge in [0.2, 0.25) is 0 Å². The lowest BCUT2D eigenvalue weighted by atomic mass is 9.67. The van der Waals surface area contributed by atoms with Crippen LogP contribution in [0.4, 0.5) is 0 Å². The average Bonchev–Trinajstić information content (AvgIpc) is 1.54. The first-order chi connectivity index (χ1) is 73.4. The van der Waals surface area contributed by atoms with Gasteiger partial charge in [-0.15, -0.1) is 0 Å². The van der Waals surface area contributed by atoms with Crippen LogP contribution in [0.1, 0.15) is 89.0 Å².